The smallest absolute Gasteiger partial charge is 0.303 e. The minimum Gasteiger partial charge on any atom is -0.490 e. The van der Waals surface area contributed by atoms with Gasteiger partial charge in [-0.25, -0.2) is 8.78 Å². The number of fused-ring (bicyclic) bond motifs is 1. The van der Waals surface area contributed by atoms with E-state index in [0.717, 1.165) is 75.5 Å². The molecule has 1 heterocycles. The highest BCUT2D eigenvalue weighted by atomic mass is 19.3. The maximum Gasteiger partial charge on any atom is 0.303 e. The van der Waals surface area contributed by atoms with Crippen LogP contribution in [0.5, 0.6) is 5.75 Å². The molecule has 4 nitrogen and oxygen atoms in total. The summed E-state index contributed by atoms with van der Waals surface area (Å²) in [6.45, 7) is 4.88. The Morgan fingerprint density at radius 3 is 2.67 bits per heavy atom. The summed E-state index contributed by atoms with van der Waals surface area (Å²) in [6, 6.07) is 9.37. The van der Waals surface area contributed by atoms with Gasteiger partial charge in [-0.3, -0.25) is 4.79 Å². The summed E-state index contributed by atoms with van der Waals surface area (Å²) < 4.78 is 34.2. The third kappa shape index (κ3) is 6.23. The van der Waals surface area contributed by atoms with Gasteiger partial charge in [0.05, 0.1) is 11.7 Å². The zero-order chi connectivity index (χ0) is 23.4. The summed E-state index contributed by atoms with van der Waals surface area (Å²) in [4.78, 5) is 13.3. The number of alkyl halides is 2. The number of likely N-dealkylation sites (tertiary alicyclic amines) is 1. The van der Waals surface area contributed by atoms with E-state index in [1.807, 2.05) is 24.3 Å². The second-order valence-corrected chi connectivity index (χ2v) is 9.99. The van der Waals surface area contributed by atoms with Crippen molar-refractivity contribution in [2.75, 3.05) is 19.6 Å². The number of rotatable bonds is 8. The average molecular weight is 460 g/mol. The highest BCUT2D eigenvalue weighted by Gasteiger charge is 2.25. The van der Waals surface area contributed by atoms with Crippen LogP contribution in [0.15, 0.2) is 30.3 Å². The van der Waals surface area contributed by atoms with Gasteiger partial charge in [-0.15, -0.1) is 0 Å². The molecule has 2 fully saturated rings. The Morgan fingerprint density at radius 1 is 1.15 bits per heavy atom. The molecule has 33 heavy (non-hydrogen) atoms. The molecule has 4 rings (SSSR count). The third-order valence-corrected chi connectivity index (χ3v) is 7.34. The summed E-state index contributed by atoms with van der Waals surface area (Å²) in [6.07, 6.45) is 4.48. The fourth-order valence-corrected chi connectivity index (χ4v) is 5.45. The lowest BCUT2D eigenvalue weighted by molar-refractivity contribution is -0.138. The van der Waals surface area contributed by atoms with Gasteiger partial charge >= 0.3 is 5.97 Å². The number of hydrogen-bond acceptors (Lipinski definition) is 3. The molecule has 0 aromatic heterocycles. The minimum atomic E-state index is -2.59. The van der Waals surface area contributed by atoms with Crippen LogP contribution in [0.2, 0.25) is 0 Å². The van der Waals surface area contributed by atoms with Gasteiger partial charge in [0.25, 0.3) is 6.43 Å². The van der Waals surface area contributed by atoms with Gasteiger partial charge in [0.15, 0.2) is 0 Å². The predicted molar refractivity (Wildman–Crippen MR) is 126 cm³/mol. The Balaban J connectivity index is 1.44. The standard InChI is InChI=1S/C27H35F2NO3/c1-18-4-8-22(9-5-18)33-24-11-7-21-15-19(6-10-23(21)26(24)27(28)29)12-14-30-13-2-3-20(17-30)16-25(31)32/h6-7,10-11,15,18,20,22,27H,2-5,8-9,12-14,16-17H2,1H3,(H,31,32)/t18-,20-,22+/m0/s1. The Morgan fingerprint density at radius 2 is 1.94 bits per heavy atom. The van der Waals surface area contributed by atoms with Crippen molar-refractivity contribution in [3.8, 4) is 5.75 Å². The number of hydrogen-bond donors (Lipinski definition) is 1. The van der Waals surface area contributed by atoms with Gasteiger partial charge in [-0.05, 0) is 85.7 Å². The number of piperidine rings is 1. The molecule has 6 heteroatoms. The van der Waals surface area contributed by atoms with E-state index in [-0.39, 0.29) is 24.0 Å². The number of aliphatic carboxylic acids is 1. The molecule has 0 radical (unpaired) electrons. The first-order valence-corrected chi connectivity index (χ1v) is 12.3. The maximum absolute atomic E-state index is 14.1. The van der Waals surface area contributed by atoms with E-state index in [0.29, 0.717) is 17.1 Å². The van der Waals surface area contributed by atoms with Crippen molar-refractivity contribution in [2.45, 2.75) is 70.8 Å². The van der Waals surface area contributed by atoms with Crippen molar-refractivity contribution in [3.05, 3.63) is 41.5 Å². The Bertz CT molecular complexity index is 956. The van der Waals surface area contributed by atoms with E-state index < -0.39 is 12.4 Å². The molecular formula is C27H35F2NO3. The average Bonchev–Trinajstić information content (AvgIpc) is 2.78. The van der Waals surface area contributed by atoms with Crippen LogP contribution in [-0.2, 0) is 11.2 Å². The number of carboxylic acids is 1. The van der Waals surface area contributed by atoms with Gasteiger partial charge in [0.2, 0.25) is 0 Å². The lowest BCUT2D eigenvalue weighted by Gasteiger charge is -2.32. The Labute approximate surface area is 194 Å². The summed E-state index contributed by atoms with van der Waals surface area (Å²) in [5.41, 5.74) is 1.11. The van der Waals surface area contributed by atoms with Gasteiger partial charge < -0.3 is 14.7 Å². The van der Waals surface area contributed by atoms with Crippen LogP contribution in [0.1, 0.15) is 69.4 Å². The van der Waals surface area contributed by atoms with Gasteiger partial charge in [-0.2, -0.15) is 0 Å². The molecule has 180 valence electrons. The van der Waals surface area contributed by atoms with Crippen molar-refractivity contribution in [1.82, 2.24) is 4.90 Å². The first-order chi connectivity index (χ1) is 15.9. The van der Waals surface area contributed by atoms with Crippen LogP contribution in [0.3, 0.4) is 0 Å². The molecule has 0 bridgehead atoms. The van der Waals surface area contributed by atoms with E-state index in [9.17, 15) is 13.6 Å². The normalized spacial score (nSPS) is 24.3. The zero-order valence-corrected chi connectivity index (χ0v) is 19.4. The van der Waals surface area contributed by atoms with Crippen molar-refractivity contribution in [1.29, 1.82) is 0 Å². The number of benzene rings is 2. The van der Waals surface area contributed by atoms with E-state index in [2.05, 4.69) is 11.8 Å². The van der Waals surface area contributed by atoms with E-state index in [1.165, 1.54) is 0 Å². The molecule has 2 aliphatic rings. The first kappa shape index (κ1) is 23.9. The Hall–Kier alpha value is -2.21. The van der Waals surface area contributed by atoms with Crippen LogP contribution in [0, 0.1) is 11.8 Å². The van der Waals surface area contributed by atoms with Crippen LogP contribution in [-0.4, -0.2) is 41.7 Å². The molecule has 1 saturated heterocycles. The van der Waals surface area contributed by atoms with Crippen LogP contribution < -0.4 is 4.74 Å². The number of nitrogens with zero attached hydrogens (tertiary/aromatic N) is 1. The molecule has 1 aliphatic carbocycles. The van der Waals surface area contributed by atoms with E-state index in [1.54, 1.807) is 6.07 Å². The fourth-order valence-electron chi connectivity index (χ4n) is 5.45. The quantitative estimate of drug-likeness (QED) is 0.492. The lowest BCUT2D eigenvalue weighted by atomic mass is 9.89. The van der Waals surface area contributed by atoms with Crippen molar-refractivity contribution in [3.63, 3.8) is 0 Å². The van der Waals surface area contributed by atoms with E-state index in [4.69, 9.17) is 9.84 Å². The topological polar surface area (TPSA) is 49.8 Å². The SMILES string of the molecule is C[C@H]1CC[C@@H](Oc2ccc3cc(CCN4CCC[C@@H](CC(=O)O)C4)ccc3c2C(F)F)CC1. The highest BCUT2D eigenvalue weighted by Crippen LogP contribution is 2.38. The second-order valence-electron chi connectivity index (χ2n) is 9.99. The van der Waals surface area contributed by atoms with Gasteiger partial charge in [0, 0.05) is 19.5 Å². The molecular weight excluding hydrogens is 424 g/mol. The molecule has 2 aromatic carbocycles. The van der Waals surface area contributed by atoms with E-state index >= 15 is 0 Å². The van der Waals surface area contributed by atoms with Crippen LogP contribution in [0.4, 0.5) is 8.78 Å². The van der Waals surface area contributed by atoms with Crippen molar-refractivity contribution >= 4 is 16.7 Å². The number of halogens is 2. The monoisotopic (exact) mass is 459 g/mol. The number of carbonyl (C=O) groups is 1. The molecule has 0 spiro atoms. The first-order valence-electron chi connectivity index (χ1n) is 12.3. The summed E-state index contributed by atoms with van der Waals surface area (Å²) in [7, 11) is 0. The molecule has 1 N–H and O–H groups in total. The largest absolute Gasteiger partial charge is 0.490 e. The maximum atomic E-state index is 14.1. The fraction of sp³-hybridized carbons (Fsp3) is 0.593. The molecule has 1 saturated carbocycles. The molecule has 1 atom stereocenters. The molecule has 0 unspecified atom stereocenters. The molecule has 2 aromatic rings. The zero-order valence-electron chi connectivity index (χ0n) is 19.4. The third-order valence-electron chi connectivity index (χ3n) is 7.34. The van der Waals surface area contributed by atoms with Crippen LogP contribution in [0.25, 0.3) is 10.8 Å². The highest BCUT2D eigenvalue weighted by molar-refractivity contribution is 5.88. The summed E-state index contributed by atoms with van der Waals surface area (Å²) in [5.74, 6) is 0.491. The van der Waals surface area contributed by atoms with Crippen LogP contribution >= 0.6 is 0 Å². The van der Waals surface area contributed by atoms with Crippen molar-refractivity contribution in [2.24, 2.45) is 11.8 Å². The lowest BCUT2D eigenvalue weighted by Crippen LogP contribution is -2.37. The summed E-state index contributed by atoms with van der Waals surface area (Å²) in [5, 5.41) is 10.4. The van der Waals surface area contributed by atoms with Gasteiger partial charge in [-0.1, -0.05) is 31.2 Å². The summed E-state index contributed by atoms with van der Waals surface area (Å²) >= 11 is 0. The minimum absolute atomic E-state index is 0.00483. The Kier molecular flexibility index (Phi) is 7.84. The number of ether oxygens (including phenoxy) is 1. The predicted octanol–water partition coefficient (Wildman–Crippen LogP) is 6.46. The molecule has 1 aliphatic heterocycles. The van der Waals surface area contributed by atoms with Gasteiger partial charge in [0.1, 0.15) is 5.75 Å². The number of carboxylic acid groups (broad SMARTS) is 1. The van der Waals surface area contributed by atoms with Crippen molar-refractivity contribution < 1.29 is 23.4 Å². The molecule has 0 amide bonds. The second kappa shape index (κ2) is 10.8.